The molecule has 1 nitrogen and oxygen atoms in total. The molecule has 0 saturated carbocycles. The smallest absolute Gasteiger partial charge is 0.134 e. The Kier molecular flexibility index (Phi) is 1.71. The minimum atomic E-state index is 0.906. The molecule has 2 aliphatic rings. The van der Waals surface area contributed by atoms with E-state index in [2.05, 4.69) is 18.7 Å². The quantitative estimate of drug-likeness (QED) is 0.612. The molecule has 0 unspecified atom stereocenters. The SMILES string of the molecule is C=CCc1ccc2occcc1-2. The molecule has 0 N–H and O–H groups in total. The van der Waals surface area contributed by atoms with Crippen LogP contribution in [0.4, 0.5) is 0 Å². The summed E-state index contributed by atoms with van der Waals surface area (Å²) < 4.78 is 5.30. The van der Waals surface area contributed by atoms with E-state index in [1.807, 2.05) is 18.2 Å². The van der Waals surface area contributed by atoms with Crippen molar-refractivity contribution in [2.24, 2.45) is 0 Å². The zero-order chi connectivity index (χ0) is 8.39. The molecule has 0 radical (unpaired) electrons. The Balaban J connectivity index is 2.52. The van der Waals surface area contributed by atoms with Gasteiger partial charge in [0.2, 0.25) is 0 Å². The maximum atomic E-state index is 5.30. The summed E-state index contributed by atoms with van der Waals surface area (Å²) in [6.07, 6.45) is 4.50. The van der Waals surface area contributed by atoms with Gasteiger partial charge in [0, 0.05) is 5.56 Å². The summed E-state index contributed by atoms with van der Waals surface area (Å²) in [5, 5.41) is 0. The molecule has 0 atom stereocenters. The lowest BCUT2D eigenvalue weighted by Gasteiger charge is -1.98. The average Bonchev–Trinajstić information content (AvgIpc) is 2.50. The zero-order valence-electron chi connectivity index (χ0n) is 6.79. The van der Waals surface area contributed by atoms with Gasteiger partial charge in [-0.2, -0.15) is 0 Å². The van der Waals surface area contributed by atoms with E-state index in [1.54, 1.807) is 6.26 Å². The predicted octanol–water partition coefficient (Wildman–Crippen LogP) is 3.11. The maximum Gasteiger partial charge on any atom is 0.134 e. The number of hydrogen-bond acceptors (Lipinski definition) is 1. The first kappa shape index (κ1) is 7.17. The van der Waals surface area contributed by atoms with E-state index in [0.717, 1.165) is 12.2 Å². The van der Waals surface area contributed by atoms with Gasteiger partial charge < -0.3 is 4.42 Å². The van der Waals surface area contributed by atoms with E-state index < -0.39 is 0 Å². The Morgan fingerprint density at radius 1 is 1.33 bits per heavy atom. The molecule has 60 valence electrons. The first-order valence-electron chi connectivity index (χ1n) is 3.98. The van der Waals surface area contributed by atoms with Gasteiger partial charge >= 0.3 is 0 Å². The molecule has 1 aliphatic carbocycles. The van der Waals surface area contributed by atoms with Crippen LogP contribution < -0.4 is 0 Å². The maximum absolute atomic E-state index is 5.30. The molecular formula is C11H10O. The van der Waals surface area contributed by atoms with Crippen LogP contribution in [0.1, 0.15) is 5.56 Å². The van der Waals surface area contributed by atoms with Crippen LogP contribution in [-0.4, -0.2) is 0 Å². The van der Waals surface area contributed by atoms with Crippen molar-refractivity contribution in [1.82, 2.24) is 0 Å². The van der Waals surface area contributed by atoms with Crippen LogP contribution >= 0.6 is 0 Å². The highest BCUT2D eigenvalue weighted by Gasteiger charge is 2.08. The normalized spacial score (nSPS) is 10.3. The number of hydrogen-bond donors (Lipinski definition) is 0. The van der Waals surface area contributed by atoms with Crippen LogP contribution in [0.5, 0.6) is 0 Å². The fraction of sp³-hybridized carbons (Fsp3) is 0.0909. The van der Waals surface area contributed by atoms with Crippen LogP contribution in [0.25, 0.3) is 11.3 Å². The van der Waals surface area contributed by atoms with Gasteiger partial charge in [0.1, 0.15) is 5.76 Å². The predicted molar refractivity (Wildman–Crippen MR) is 49.2 cm³/mol. The highest BCUT2D eigenvalue weighted by atomic mass is 16.3. The van der Waals surface area contributed by atoms with Gasteiger partial charge in [-0.1, -0.05) is 12.1 Å². The van der Waals surface area contributed by atoms with Gasteiger partial charge in [-0.25, -0.2) is 0 Å². The molecule has 1 aliphatic heterocycles. The Morgan fingerprint density at radius 3 is 3.08 bits per heavy atom. The zero-order valence-corrected chi connectivity index (χ0v) is 6.79. The van der Waals surface area contributed by atoms with E-state index in [1.165, 1.54) is 11.1 Å². The van der Waals surface area contributed by atoms with Crippen molar-refractivity contribution in [3.05, 3.63) is 48.7 Å². The lowest BCUT2D eigenvalue weighted by Crippen LogP contribution is -1.79. The molecule has 0 saturated heterocycles. The highest BCUT2D eigenvalue weighted by molar-refractivity contribution is 5.65. The summed E-state index contributed by atoms with van der Waals surface area (Å²) in [6.45, 7) is 3.71. The van der Waals surface area contributed by atoms with Gasteiger partial charge in [0.15, 0.2) is 0 Å². The van der Waals surface area contributed by atoms with Crippen molar-refractivity contribution >= 4 is 0 Å². The second kappa shape index (κ2) is 2.86. The molecule has 2 rings (SSSR count). The third kappa shape index (κ3) is 1.03. The lowest BCUT2D eigenvalue weighted by atomic mass is 10.1. The summed E-state index contributed by atoms with van der Waals surface area (Å²) in [6, 6.07) is 8.05. The first-order chi connectivity index (χ1) is 5.92. The molecule has 0 spiro atoms. The largest absolute Gasteiger partial charge is 0.464 e. The second-order valence-electron chi connectivity index (χ2n) is 2.74. The van der Waals surface area contributed by atoms with Gasteiger partial charge in [-0.15, -0.1) is 6.58 Å². The number of fused-ring (bicyclic) bond motifs is 1. The molecule has 0 amide bonds. The summed E-state index contributed by atoms with van der Waals surface area (Å²) >= 11 is 0. The van der Waals surface area contributed by atoms with Gasteiger partial charge in [-0.05, 0) is 30.2 Å². The molecule has 12 heavy (non-hydrogen) atoms. The van der Waals surface area contributed by atoms with Crippen molar-refractivity contribution in [2.75, 3.05) is 0 Å². The molecule has 1 heterocycles. The second-order valence-corrected chi connectivity index (χ2v) is 2.74. The fourth-order valence-corrected chi connectivity index (χ4v) is 1.39. The summed E-state index contributed by atoms with van der Waals surface area (Å²) in [7, 11) is 0. The monoisotopic (exact) mass is 158 g/mol. The van der Waals surface area contributed by atoms with Crippen molar-refractivity contribution < 1.29 is 4.42 Å². The summed E-state index contributed by atoms with van der Waals surface area (Å²) in [5.74, 6) is 0.953. The van der Waals surface area contributed by atoms with Crippen LogP contribution in [-0.2, 0) is 6.42 Å². The fourth-order valence-electron chi connectivity index (χ4n) is 1.39. The summed E-state index contributed by atoms with van der Waals surface area (Å²) in [5.41, 5.74) is 2.47. The summed E-state index contributed by atoms with van der Waals surface area (Å²) in [4.78, 5) is 0. The van der Waals surface area contributed by atoms with Crippen LogP contribution in [0.2, 0.25) is 0 Å². The van der Waals surface area contributed by atoms with Crippen molar-refractivity contribution in [1.29, 1.82) is 0 Å². The van der Waals surface area contributed by atoms with Crippen LogP contribution in [0, 0.1) is 0 Å². The first-order valence-corrected chi connectivity index (χ1v) is 3.98. The van der Waals surface area contributed by atoms with Crippen molar-refractivity contribution in [2.45, 2.75) is 6.42 Å². The third-order valence-corrected chi connectivity index (χ3v) is 1.95. The van der Waals surface area contributed by atoms with Gasteiger partial charge in [0.05, 0.1) is 6.26 Å². The van der Waals surface area contributed by atoms with E-state index in [9.17, 15) is 0 Å². The van der Waals surface area contributed by atoms with Crippen molar-refractivity contribution in [3.63, 3.8) is 0 Å². The topological polar surface area (TPSA) is 13.1 Å². The van der Waals surface area contributed by atoms with E-state index >= 15 is 0 Å². The van der Waals surface area contributed by atoms with E-state index in [0.29, 0.717) is 0 Å². The average molecular weight is 158 g/mol. The molecule has 1 heteroatoms. The van der Waals surface area contributed by atoms with Crippen LogP contribution in [0.3, 0.4) is 0 Å². The van der Waals surface area contributed by atoms with E-state index in [4.69, 9.17) is 4.42 Å². The molecule has 0 aromatic heterocycles. The Labute approximate surface area is 71.7 Å². The minimum Gasteiger partial charge on any atom is -0.464 e. The standard InChI is InChI=1S/C11H10O/c1-2-4-9-6-7-11-10(9)5-3-8-12-11/h2-3,5-8H,1,4H2. The van der Waals surface area contributed by atoms with Crippen LogP contribution in [0.15, 0.2) is 47.6 Å². The Morgan fingerprint density at radius 2 is 2.25 bits per heavy atom. The molecule has 0 bridgehead atoms. The van der Waals surface area contributed by atoms with Gasteiger partial charge in [0.25, 0.3) is 0 Å². The molecule has 0 aromatic carbocycles. The Bertz CT molecular complexity index is 359. The van der Waals surface area contributed by atoms with E-state index in [-0.39, 0.29) is 0 Å². The van der Waals surface area contributed by atoms with Gasteiger partial charge in [-0.3, -0.25) is 0 Å². The molecule has 0 aromatic rings. The minimum absolute atomic E-state index is 0.906. The van der Waals surface area contributed by atoms with Crippen molar-refractivity contribution in [3.8, 4) is 11.3 Å². The molecule has 0 fully saturated rings. The lowest BCUT2D eigenvalue weighted by molar-refractivity contribution is 0.567. The highest BCUT2D eigenvalue weighted by Crippen LogP contribution is 2.27. The Hall–Kier alpha value is -1.50. The third-order valence-electron chi connectivity index (χ3n) is 1.95. The molecular weight excluding hydrogens is 148 g/mol. The number of rotatable bonds is 2. The number of allylic oxidation sites excluding steroid dienone is 1.